The molecule has 5 nitrogen and oxygen atoms in total. The van der Waals surface area contributed by atoms with Gasteiger partial charge in [0.2, 0.25) is 6.79 Å². The lowest BCUT2D eigenvalue weighted by molar-refractivity contribution is -0.758. The average Bonchev–Trinajstić information content (AvgIpc) is 3.20. The molecule has 2 unspecified atom stereocenters. The molecule has 160 valence electrons. The molecule has 0 amide bonds. The van der Waals surface area contributed by atoms with Gasteiger partial charge in [0.15, 0.2) is 17.2 Å². The van der Waals surface area contributed by atoms with Gasteiger partial charge in [0.05, 0.1) is 5.56 Å². The molecule has 2 aromatic rings. The Balaban J connectivity index is 1.67. The molecular formula is C24H30BrN2O3+. The molecule has 4 rings (SSSR count). The Morgan fingerprint density at radius 1 is 1.13 bits per heavy atom. The normalized spacial score (nSPS) is 22.5. The maximum atomic E-state index is 10.6. The molecule has 0 bridgehead atoms. The van der Waals surface area contributed by atoms with Gasteiger partial charge in [-0.05, 0) is 42.8 Å². The van der Waals surface area contributed by atoms with Gasteiger partial charge < -0.3 is 25.2 Å². The summed E-state index contributed by atoms with van der Waals surface area (Å²) in [4.78, 5) is 0. The van der Waals surface area contributed by atoms with E-state index in [0.29, 0.717) is 5.75 Å². The van der Waals surface area contributed by atoms with Gasteiger partial charge in [-0.2, -0.15) is 0 Å². The molecule has 2 aromatic carbocycles. The number of fused-ring (bicyclic) bond motifs is 1. The van der Waals surface area contributed by atoms with Gasteiger partial charge in [0, 0.05) is 35.2 Å². The van der Waals surface area contributed by atoms with Crippen molar-refractivity contribution in [3.05, 3.63) is 58.1 Å². The van der Waals surface area contributed by atoms with Crippen molar-refractivity contribution in [2.75, 3.05) is 6.79 Å². The van der Waals surface area contributed by atoms with Crippen LogP contribution in [-0.2, 0) is 0 Å². The highest BCUT2D eigenvalue weighted by molar-refractivity contribution is 9.10. The van der Waals surface area contributed by atoms with E-state index in [1.54, 1.807) is 6.07 Å². The fraction of sp³-hybridized carbons (Fsp3) is 0.417. The number of benzene rings is 2. The molecule has 2 aliphatic rings. The van der Waals surface area contributed by atoms with Crippen LogP contribution < -0.4 is 20.1 Å². The first kappa shape index (κ1) is 21.1. The van der Waals surface area contributed by atoms with E-state index < -0.39 is 0 Å². The maximum absolute atomic E-state index is 10.6. The highest BCUT2D eigenvalue weighted by Gasteiger charge is 2.37. The maximum Gasteiger partial charge on any atom is 0.231 e. The number of nitrogens with one attached hydrogen (secondary N) is 1. The number of rotatable bonds is 7. The molecule has 0 spiro atoms. The van der Waals surface area contributed by atoms with Gasteiger partial charge in [-0.3, -0.25) is 0 Å². The minimum Gasteiger partial charge on any atom is -0.507 e. The van der Waals surface area contributed by atoms with Crippen molar-refractivity contribution in [1.29, 1.82) is 0 Å². The van der Waals surface area contributed by atoms with E-state index >= 15 is 0 Å². The monoisotopic (exact) mass is 473 g/mol. The Kier molecular flexibility index (Phi) is 6.25. The molecular weight excluding hydrogens is 444 g/mol. The molecule has 2 aliphatic heterocycles. The molecule has 2 heterocycles. The number of quaternary nitrogens is 1. The molecule has 0 aliphatic carbocycles. The van der Waals surface area contributed by atoms with Gasteiger partial charge >= 0.3 is 0 Å². The third-order valence-electron chi connectivity index (χ3n) is 5.90. The number of aromatic hydroxyl groups is 1. The van der Waals surface area contributed by atoms with Crippen LogP contribution in [0.25, 0.3) is 5.70 Å². The molecule has 6 heteroatoms. The van der Waals surface area contributed by atoms with Crippen molar-refractivity contribution in [3.8, 4) is 17.2 Å². The first-order valence-electron chi connectivity index (χ1n) is 10.7. The zero-order valence-corrected chi connectivity index (χ0v) is 19.2. The molecule has 0 saturated heterocycles. The molecule has 4 N–H and O–H groups in total. The van der Waals surface area contributed by atoms with E-state index in [9.17, 15) is 5.11 Å². The first-order chi connectivity index (χ1) is 14.5. The van der Waals surface area contributed by atoms with Crippen molar-refractivity contribution < 1.29 is 19.9 Å². The zero-order valence-electron chi connectivity index (χ0n) is 17.6. The van der Waals surface area contributed by atoms with Crippen molar-refractivity contribution in [1.82, 2.24) is 5.32 Å². The number of halogens is 1. The van der Waals surface area contributed by atoms with Crippen LogP contribution in [-0.4, -0.2) is 17.6 Å². The van der Waals surface area contributed by atoms with Gasteiger partial charge in [-0.15, -0.1) is 0 Å². The average molecular weight is 474 g/mol. The van der Waals surface area contributed by atoms with Crippen LogP contribution in [0.2, 0.25) is 0 Å². The van der Waals surface area contributed by atoms with E-state index in [4.69, 9.17) is 9.47 Å². The zero-order chi connectivity index (χ0) is 21.1. The minimum absolute atomic E-state index is 0.000322. The van der Waals surface area contributed by atoms with Crippen LogP contribution >= 0.6 is 15.9 Å². The molecule has 0 saturated carbocycles. The van der Waals surface area contributed by atoms with Crippen LogP contribution in [0.5, 0.6) is 17.2 Å². The summed E-state index contributed by atoms with van der Waals surface area (Å²) in [7, 11) is 0. The number of phenolic OH excluding ortho intramolecular Hbond substituents is 1. The summed E-state index contributed by atoms with van der Waals surface area (Å²) in [6.45, 7) is 4.75. The quantitative estimate of drug-likeness (QED) is 0.504. The molecule has 30 heavy (non-hydrogen) atoms. The predicted molar refractivity (Wildman–Crippen MR) is 121 cm³/mol. The Morgan fingerprint density at radius 3 is 2.80 bits per heavy atom. The lowest BCUT2D eigenvalue weighted by Crippen LogP contribution is -3.01. The Morgan fingerprint density at radius 2 is 1.97 bits per heavy atom. The highest BCUT2D eigenvalue weighted by Crippen LogP contribution is 2.36. The summed E-state index contributed by atoms with van der Waals surface area (Å²) in [6.07, 6.45) is 8.12. The SMILES string of the molecule is CCCCCCC1(C)NC(c2ccc3c(c2)OCO3)=CC(c2cc(Br)ccc2O)[NH2+]1. The topological polar surface area (TPSA) is 67.3 Å². The van der Waals surface area contributed by atoms with E-state index in [1.165, 1.54) is 25.7 Å². The van der Waals surface area contributed by atoms with Crippen molar-refractivity contribution in [3.63, 3.8) is 0 Å². The van der Waals surface area contributed by atoms with E-state index in [2.05, 4.69) is 52.6 Å². The molecule has 0 radical (unpaired) electrons. The van der Waals surface area contributed by atoms with Crippen molar-refractivity contribution in [2.45, 2.75) is 57.7 Å². The lowest BCUT2D eigenvalue weighted by atomic mass is 9.93. The van der Waals surface area contributed by atoms with Gasteiger partial charge in [-0.25, -0.2) is 0 Å². The van der Waals surface area contributed by atoms with Gasteiger partial charge in [0.1, 0.15) is 11.8 Å². The standard InChI is InChI=1S/C24H29BrN2O3/c1-3-4-5-6-11-24(2)26-19(16-7-10-22-23(12-16)30-15-29-22)14-20(27-24)18-13-17(25)8-9-21(18)28/h7-10,12-14,20,26-28H,3-6,11,15H2,1-2H3/p+1. The van der Waals surface area contributed by atoms with Crippen LogP contribution in [0, 0.1) is 0 Å². The second-order valence-corrected chi connectivity index (χ2v) is 9.31. The van der Waals surface area contributed by atoms with E-state index in [-0.39, 0.29) is 18.5 Å². The molecule has 0 fully saturated rings. The van der Waals surface area contributed by atoms with Gasteiger partial charge in [-0.1, -0.05) is 42.1 Å². The molecule has 2 atom stereocenters. The summed E-state index contributed by atoms with van der Waals surface area (Å²) in [5.41, 5.74) is 2.85. The second-order valence-electron chi connectivity index (χ2n) is 8.40. The highest BCUT2D eigenvalue weighted by atomic mass is 79.9. The largest absolute Gasteiger partial charge is 0.507 e. The van der Waals surface area contributed by atoms with Crippen LogP contribution in [0.1, 0.15) is 63.1 Å². The third kappa shape index (κ3) is 4.60. The second kappa shape index (κ2) is 8.90. The van der Waals surface area contributed by atoms with Crippen molar-refractivity contribution in [2.24, 2.45) is 0 Å². The number of hydrogen-bond acceptors (Lipinski definition) is 4. The third-order valence-corrected chi connectivity index (χ3v) is 6.39. The summed E-state index contributed by atoms with van der Waals surface area (Å²) >= 11 is 3.55. The summed E-state index contributed by atoms with van der Waals surface area (Å²) in [5.74, 6) is 1.87. The van der Waals surface area contributed by atoms with E-state index in [0.717, 1.165) is 39.2 Å². The Hall–Kier alpha value is -2.18. The lowest BCUT2D eigenvalue weighted by Gasteiger charge is -2.38. The summed E-state index contributed by atoms with van der Waals surface area (Å²) in [5, 5.41) is 16.7. The fourth-order valence-electron chi connectivity index (χ4n) is 4.28. The van der Waals surface area contributed by atoms with Crippen molar-refractivity contribution >= 4 is 21.6 Å². The number of hydrogen-bond donors (Lipinski definition) is 3. The number of phenols is 1. The number of ether oxygens (including phenoxy) is 2. The Bertz CT molecular complexity index is 946. The van der Waals surface area contributed by atoms with Gasteiger partial charge in [0.25, 0.3) is 0 Å². The van der Waals surface area contributed by atoms with Crippen LogP contribution in [0.4, 0.5) is 0 Å². The van der Waals surface area contributed by atoms with E-state index in [1.807, 2.05) is 24.3 Å². The number of nitrogens with two attached hydrogens (primary N) is 1. The fourth-order valence-corrected chi connectivity index (χ4v) is 4.66. The summed E-state index contributed by atoms with van der Waals surface area (Å²) in [6, 6.07) is 11.7. The summed E-state index contributed by atoms with van der Waals surface area (Å²) < 4.78 is 12.0. The predicted octanol–water partition coefficient (Wildman–Crippen LogP) is 4.82. The Labute approximate surface area is 186 Å². The van der Waals surface area contributed by atoms with Crippen LogP contribution in [0.15, 0.2) is 46.9 Å². The minimum atomic E-state index is -0.173. The smallest absolute Gasteiger partial charge is 0.231 e. The number of unbranched alkanes of at least 4 members (excludes halogenated alkanes) is 3. The van der Waals surface area contributed by atoms with Crippen LogP contribution in [0.3, 0.4) is 0 Å². The molecule has 0 aromatic heterocycles. The first-order valence-corrected chi connectivity index (χ1v) is 11.5.